The first-order valence-corrected chi connectivity index (χ1v) is 4.75. The summed E-state index contributed by atoms with van der Waals surface area (Å²) in [5, 5.41) is 8.88. The van der Waals surface area contributed by atoms with E-state index < -0.39 is 5.97 Å². The molecule has 0 amide bonds. The van der Waals surface area contributed by atoms with Crippen LogP contribution in [0.1, 0.15) is 37.0 Å². The molecule has 0 atom stereocenters. The molecule has 0 aromatic carbocycles. The lowest BCUT2D eigenvalue weighted by Gasteiger charge is -2.16. The lowest BCUT2D eigenvalue weighted by Crippen LogP contribution is -2.12. The van der Waals surface area contributed by atoms with Gasteiger partial charge in [0.1, 0.15) is 5.69 Å². The largest absolute Gasteiger partial charge is 0.477 e. The Bertz CT molecular complexity index is 398. The number of rotatable bonds is 2. The molecule has 0 saturated carbocycles. The average Bonchev–Trinajstić information content (AvgIpc) is 2.27. The molecule has 14 heavy (non-hydrogen) atoms. The standard InChI is InChI=1S/C9H14N2O2S/c1-9(2,3)4-5-6(7(12)13)11-8(14)10-5/h4H2,1-3H3,(H,12,13)(H2,10,11,14). The van der Waals surface area contributed by atoms with Crippen LogP contribution in [0.15, 0.2) is 0 Å². The van der Waals surface area contributed by atoms with Gasteiger partial charge in [0.05, 0.1) is 0 Å². The van der Waals surface area contributed by atoms with E-state index >= 15 is 0 Å². The summed E-state index contributed by atoms with van der Waals surface area (Å²) in [6, 6.07) is 0. The van der Waals surface area contributed by atoms with Gasteiger partial charge < -0.3 is 15.1 Å². The van der Waals surface area contributed by atoms with Gasteiger partial charge in [0.2, 0.25) is 0 Å². The number of aromatic amines is 2. The van der Waals surface area contributed by atoms with Gasteiger partial charge in [0.15, 0.2) is 4.77 Å². The molecule has 0 aliphatic heterocycles. The highest BCUT2D eigenvalue weighted by molar-refractivity contribution is 7.71. The van der Waals surface area contributed by atoms with Crippen LogP contribution in [0.25, 0.3) is 0 Å². The molecular weight excluding hydrogens is 200 g/mol. The lowest BCUT2D eigenvalue weighted by atomic mass is 9.90. The minimum absolute atomic E-state index is 0.0324. The number of aromatic nitrogens is 2. The molecule has 1 aromatic rings. The molecule has 0 aliphatic rings. The highest BCUT2D eigenvalue weighted by Gasteiger charge is 2.19. The fraction of sp³-hybridized carbons (Fsp3) is 0.556. The van der Waals surface area contributed by atoms with Crippen molar-refractivity contribution in [1.29, 1.82) is 0 Å². The van der Waals surface area contributed by atoms with Gasteiger partial charge in [0.25, 0.3) is 0 Å². The van der Waals surface area contributed by atoms with Crippen molar-refractivity contribution < 1.29 is 9.90 Å². The molecule has 78 valence electrons. The quantitative estimate of drug-likeness (QED) is 0.662. The summed E-state index contributed by atoms with van der Waals surface area (Å²) in [5.74, 6) is -0.975. The van der Waals surface area contributed by atoms with Gasteiger partial charge >= 0.3 is 5.97 Å². The summed E-state index contributed by atoms with van der Waals surface area (Å²) in [7, 11) is 0. The van der Waals surface area contributed by atoms with Gasteiger partial charge in [-0.1, -0.05) is 20.8 Å². The zero-order chi connectivity index (χ0) is 10.9. The molecule has 0 spiro atoms. The van der Waals surface area contributed by atoms with Crippen molar-refractivity contribution >= 4 is 18.2 Å². The third-order valence-electron chi connectivity index (χ3n) is 1.73. The zero-order valence-corrected chi connectivity index (χ0v) is 9.29. The first-order chi connectivity index (χ1) is 6.29. The summed E-state index contributed by atoms with van der Waals surface area (Å²) in [6.07, 6.45) is 0.655. The maximum Gasteiger partial charge on any atom is 0.354 e. The van der Waals surface area contributed by atoms with E-state index in [9.17, 15) is 4.79 Å². The summed E-state index contributed by atoms with van der Waals surface area (Å²) in [6.45, 7) is 6.13. The Morgan fingerprint density at radius 1 is 1.43 bits per heavy atom. The number of carboxylic acid groups (broad SMARTS) is 1. The van der Waals surface area contributed by atoms with Gasteiger partial charge in [-0.2, -0.15) is 0 Å². The van der Waals surface area contributed by atoms with Gasteiger partial charge in [0, 0.05) is 5.69 Å². The molecule has 0 bridgehead atoms. The van der Waals surface area contributed by atoms with Crippen molar-refractivity contribution in [2.24, 2.45) is 5.41 Å². The molecule has 1 aromatic heterocycles. The Hall–Kier alpha value is -1.10. The maximum absolute atomic E-state index is 10.8. The average molecular weight is 214 g/mol. The van der Waals surface area contributed by atoms with Gasteiger partial charge in [-0.3, -0.25) is 0 Å². The van der Waals surface area contributed by atoms with Crippen LogP contribution in [0.2, 0.25) is 0 Å². The SMILES string of the molecule is CC(C)(C)Cc1[nH]c(=S)[nH]c1C(=O)O. The van der Waals surface area contributed by atoms with Gasteiger partial charge in [-0.25, -0.2) is 4.79 Å². The van der Waals surface area contributed by atoms with Gasteiger partial charge in [-0.05, 0) is 24.1 Å². The van der Waals surface area contributed by atoms with Crippen LogP contribution in [0.5, 0.6) is 0 Å². The Labute approximate surface area is 87.4 Å². The highest BCUT2D eigenvalue weighted by atomic mass is 32.1. The van der Waals surface area contributed by atoms with E-state index in [4.69, 9.17) is 17.3 Å². The first kappa shape index (κ1) is 11.0. The van der Waals surface area contributed by atoms with Crippen molar-refractivity contribution in [3.05, 3.63) is 16.2 Å². The Balaban J connectivity index is 3.08. The molecule has 1 heterocycles. The minimum Gasteiger partial charge on any atom is -0.477 e. The van der Waals surface area contributed by atoms with Crippen molar-refractivity contribution in [2.75, 3.05) is 0 Å². The number of hydrogen-bond acceptors (Lipinski definition) is 2. The molecule has 0 fully saturated rings. The number of hydrogen-bond donors (Lipinski definition) is 3. The van der Waals surface area contributed by atoms with Crippen LogP contribution >= 0.6 is 12.2 Å². The van der Waals surface area contributed by atoms with E-state index in [0.29, 0.717) is 16.9 Å². The van der Waals surface area contributed by atoms with Crippen molar-refractivity contribution in [3.63, 3.8) is 0 Å². The van der Waals surface area contributed by atoms with Crippen molar-refractivity contribution in [2.45, 2.75) is 27.2 Å². The molecule has 0 saturated heterocycles. The van der Waals surface area contributed by atoms with Crippen LogP contribution in [0.3, 0.4) is 0 Å². The van der Waals surface area contributed by atoms with E-state index in [-0.39, 0.29) is 11.1 Å². The van der Waals surface area contributed by atoms with E-state index in [1.807, 2.05) is 20.8 Å². The number of H-pyrrole nitrogens is 2. The summed E-state index contributed by atoms with van der Waals surface area (Å²) >= 11 is 4.85. The topological polar surface area (TPSA) is 68.9 Å². The maximum atomic E-state index is 10.8. The van der Waals surface area contributed by atoms with E-state index in [1.54, 1.807) is 0 Å². The fourth-order valence-corrected chi connectivity index (χ4v) is 1.49. The summed E-state index contributed by atoms with van der Waals surface area (Å²) < 4.78 is 0.363. The Kier molecular flexibility index (Phi) is 2.80. The van der Waals surface area contributed by atoms with Crippen molar-refractivity contribution in [1.82, 2.24) is 9.97 Å². The smallest absolute Gasteiger partial charge is 0.354 e. The molecular formula is C9H14N2O2S. The molecule has 3 N–H and O–H groups in total. The number of aromatic carboxylic acids is 1. The minimum atomic E-state index is -0.975. The van der Waals surface area contributed by atoms with E-state index in [0.717, 1.165) is 0 Å². The summed E-state index contributed by atoms with van der Waals surface area (Å²) in [4.78, 5) is 16.3. The number of carbonyl (C=O) groups is 1. The van der Waals surface area contributed by atoms with E-state index in [2.05, 4.69) is 9.97 Å². The highest BCUT2D eigenvalue weighted by Crippen LogP contribution is 2.21. The third-order valence-corrected chi connectivity index (χ3v) is 1.93. The lowest BCUT2D eigenvalue weighted by molar-refractivity contribution is 0.0689. The molecule has 0 radical (unpaired) electrons. The monoisotopic (exact) mass is 214 g/mol. The van der Waals surface area contributed by atoms with Crippen LogP contribution in [-0.4, -0.2) is 21.0 Å². The molecule has 0 aliphatic carbocycles. The second kappa shape index (κ2) is 3.57. The van der Waals surface area contributed by atoms with Crippen LogP contribution < -0.4 is 0 Å². The van der Waals surface area contributed by atoms with Crippen molar-refractivity contribution in [3.8, 4) is 0 Å². The molecule has 1 rings (SSSR count). The number of carboxylic acids is 1. The normalized spacial score (nSPS) is 11.6. The number of nitrogens with one attached hydrogen (secondary N) is 2. The fourth-order valence-electron chi connectivity index (χ4n) is 1.27. The predicted octanol–water partition coefficient (Wildman–Crippen LogP) is 2.36. The van der Waals surface area contributed by atoms with Crippen LogP contribution in [-0.2, 0) is 6.42 Å². The number of imidazole rings is 1. The van der Waals surface area contributed by atoms with Crippen LogP contribution in [0, 0.1) is 10.2 Å². The second-order valence-corrected chi connectivity index (χ2v) is 4.88. The Morgan fingerprint density at radius 2 is 2.00 bits per heavy atom. The molecule has 4 nitrogen and oxygen atoms in total. The molecule has 5 heteroatoms. The predicted molar refractivity (Wildman–Crippen MR) is 56.1 cm³/mol. The van der Waals surface area contributed by atoms with Crippen LogP contribution in [0.4, 0.5) is 0 Å². The Morgan fingerprint density at radius 3 is 2.43 bits per heavy atom. The molecule has 0 unspecified atom stereocenters. The zero-order valence-electron chi connectivity index (χ0n) is 8.47. The summed E-state index contributed by atoms with van der Waals surface area (Å²) in [5.41, 5.74) is 0.866. The van der Waals surface area contributed by atoms with E-state index in [1.165, 1.54) is 0 Å². The second-order valence-electron chi connectivity index (χ2n) is 4.48. The van der Waals surface area contributed by atoms with Gasteiger partial charge in [-0.15, -0.1) is 0 Å². The first-order valence-electron chi connectivity index (χ1n) is 4.34. The third kappa shape index (κ3) is 2.70.